The zero-order valence-electron chi connectivity index (χ0n) is 17.4. The highest BCUT2D eigenvalue weighted by molar-refractivity contribution is 7.99. The van der Waals surface area contributed by atoms with Crippen LogP contribution in [0.3, 0.4) is 0 Å². The number of nitro groups is 1. The topological polar surface area (TPSA) is 112 Å². The number of ether oxygens (including phenoxy) is 1. The number of nitro benzene ring substituents is 1. The van der Waals surface area contributed by atoms with Crippen LogP contribution in [-0.2, 0) is 11.3 Å². The first-order valence-electron chi connectivity index (χ1n) is 9.61. The number of thioether (sulfide) groups is 1. The van der Waals surface area contributed by atoms with Gasteiger partial charge in [-0.1, -0.05) is 46.6 Å². The summed E-state index contributed by atoms with van der Waals surface area (Å²) in [4.78, 5) is 22.8. The van der Waals surface area contributed by atoms with Gasteiger partial charge >= 0.3 is 0 Å². The molecule has 13 heteroatoms. The zero-order valence-corrected chi connectivity index (χ0v) is 20.5. The molecule has 33 heavy (non-hydrogen) atoms. The molecule has 3 aromatic rings. The van der Waals surface area contributed by atoms with Gasteiger partial charge in [-0.05, 0) is 44.2 Å². The Labute approximate surface area is 208 Å². The number of nitrogens with zero attached hydrogens (tertiary/aromatic N) is 4. The summed E-state index contributed by atoms with van der Waals surface area (Å²) >= 11 is 19.1. The highest BCUT2D eigenvalue weighted by Gasteiger charge is 2.21. The van der Waals surface area contributed by atoms with Gasteiger partial charge in [0.1, 0.15) is 10.8 Å². The van der Waals surface area contributed by atoms with E-state index in [4.69, 9.17) is 39.5 Å². The van der Waals surface area contributed by atoms with Gasteiger partial charge in [0.2, 0.25) is 5.91 Å². The average Bonchev–Trinajstić information content (AvgIpc) is 3.18. The van der Waals surface area contributed by atoms with Crippen molar-refractivity contribution in [2.75, 3.05) is 11.1 Å². The van der Waals surface area contributed by atoms with Crippen molar-refractivity contribution in [1.82, 2.24) is 14.8 Å². The molecular formula is C20H18Cl3N5O4S. The van der Waals surface area contributed by atoms with Crippen LogP contribution in [0.2, 0.25) is 15.1 Å². The van der Waals surface area contributed by atoms with Gasteiger partial charge in [0.15, 0.2) is 17.1 Å². The van der Waals surface area contributed by atoms with E-state index in [1.165, 1.54) is 30.0 Å². The zero-order chi connectivity index (χ0) is 24.1. The van der Waals surface area contributed by atoms with E-state index in [0.717, 1.165) is 0 Å². The van der Waals surface area contributed by atoms with E-state index >= 15 is 0 Å². The minimum Gasteiger partial charge on any atom is -0.481 e. The summed E-state index contributed by atoms with van der Waals surface area (Å²) in [6.45, 7) is 4.29. The number of aromatic nitrogens is 3. The van der Waals surface area contributed by atoms with Crippen molar-refractivity contribution >= 4 is 63.8 Å². The molecule has 1 amide bonds. The number of hydrogen-bond acceptors (Lipinski definition) is 7. The van der Waals surface area contributed by atoms with E-state index in [-0.39, 0.29) is 28.1 Å². The molecule has 1 heterocycles. The standard InChI is InChI=1S/C20H18Cl3N5O4S/c1-3-27-19(11(2)32-17-7-4-12(21)8-15(17)23)25-26-20(27)33-10-18(29)24-13-5-6-14(22)16(9-13)28(30)31/h4-9,11H,3,10H2,1-2H3,(H,24,29). The van der Waals surface area contributed by atoms with Gasteiger partial charge in [0, 0.05) is 23.3 Å². The molecule has 1 unspecified atom stereocenters. The predicted octanol–water partition coefficient (Wildman–Crippen LogP) is 6.04. The number of benzene rings is 2. The fraction of sp³-hybridized carbons (Fsp3) is 0.250. The summed E-state index contributed by atoms with van der Waals surface area (Å²) in [7, 11) is 0. The molecule has 0 spiro atoms. The Bertz CT molecular complexity index is 1190. The Balaban J connectivity index is 1.65. The van der Waals surface area contributed by atoms with Gasteiger partial charge < -0.3 is 14.6 Å². The van der Waals surface area contributed by atoms with Crippen LogP contribution in [-0.4, -0.2) is 31.3 Å². The largest absolute Gasteiger partial charge is 0.481 e. The van der Waals surface area contributed by atoms with Crippen molar-refractivity contribution in [3.05, 3.63) is 67.4 Å². The maximum Gasteiger partial charge on any atom is 0.289 e. The van der Waals surface area contributed by atoms with Crippen LogP contribution >= 0.6 is 46.6 Å². The molecule has 1 N–H and O–H groups in total. The summed E-state index contributed by atoms with van der Waals surface area (Å²) in [5.41, 5.74) is -0.0107. The molecule has 3 rings (SSSR count). The van der Waals surface area contributed by atoms with Crippen LogP contribution in [0.1, 0.15) is 25.8 Å². The molecule has 2 aromatic carbocycles. The number of anilines is 1. The Hall–Kier alpha value is -2.53. The smallest absolute Gasteiger partial charge is 0.289 e. The second kappa shape index (κ2) is 11.1. The lowest BCUT2D eigenvalue weighted by atomic mass is 10.3. The summed E-state index contributed by atoms with van der Waals surface area (Å²) in [6.07, 6.45) is -0.464. The number of nitrogens with one attached hydrogen (secondary N) is 1. The van der Waals surface area contributed by atoms with E-state index < -0.39 is 11.0 Å². The van der Waals surface area contributed by atoms with Crippen LogP contribution in [0.4, 0.5) is 11.4 Å². The molecule has 0 aliphatic carbocycles. The number of amides is 1. The van der Waals surface area contributed by atoms with E-state index in [9.17, 15) is 14.9 Å². The van der Waals surface area contributed by atoms with Crippen molar-refractivity contribution in [3.8, 4) is 5.75 Å². The van der Waals surface area contributed by atoms with Gasteiger partial charge in [-0.2, -0.15) is 0 Å². The Morgan fingerprint density at radius 2 is 1.97 bits per heavy atom. The van der Waals surface area contributed by atoms with Crippen molar-refractivity contribution in [3.63, 3.8) is 0 Å². The van der Waals surface area contributed by atoms with E-state index in [1.807, 2.05) is 18.4 Å². The molecule has 0 bridgehead atoms. The second-order valence-electron chi connectivity index (χ2n) is 6.68. The van der Waals surface area contributed by atoms with Gasteiger partial charge in [-0.25, -0.2) is 0 Å². The third-order valence-electron chi connectivity index (χ3n) is 4.38. The molecule has 174 valence electrons. The van der Waals surface area contributed by atoms with Crippen molar-refractivity contribution in [1.29, 1.82) is 0 Å². The fourth-order valence-electron chi connectivity index (χ4n) is 2.88. The third-order valence-corrected chi connectivity index (χ3v) is 6.20. The fourth-order valence-corrected chi connectivity index (χ4v) is 4.33. The lowest BCUT2D eigenvalue weighted by Gasteiger charge is -2.16. The first-order valence-corrected chi connectivity index (χ1v) is 11.7. The first-order chi connectivity index (χ1) is 15.7. The molecule has 0 saturated carbocycles. The number of carbonyl (C=O) groups is 1. The molecule has 9 nitrogen and oxygen atoms in total. The lowest BCUT2D eigenvalue weighted by Crippen LogP contribution is -2.15. The molecule has 0 saturated heterocycles. The first kappa shape index (κ1) is 25.1. The van der Waals surface area contributed by atoms with Gasteiger partial charge in [-0.3, -0.25) is 14.9 Å². The van der Waals surface area contributed by atoms with Gasteiger partial charge in [0.25, 0.3) is 5.69 Å². The maximum atomic E-state index is 12.4. The molecule has 0 aliphatic rings. The van der Waals surface area contributed by atoms with Crippen LogP contribution in [0.5, 0.6) is 5.75 Å². The van der Waals surface area contributed by atoms with E-state index in [2.05, 4.69) is 15.5 Å². The average molecular weight is 531 g/mol. The molecule has 0 radical (unpaired) electrons. The van der Waals surface area contributed by atoms with Crippen LogP contribution < -0.4 is 10.1 Å². The monoisotopic (exact) mass is 529 g/mol. The van der Waals surface area contributed by atoms with Crippen molar-refractivity contribution < 1.29 is 14.5 Å². The SMILES string of the molecule is CCn1c(SCC(=O)Nc2ccc(Cl)c([N+](=O)[O-])c2)nnc1C(C)Oc1ccc(Cl)cc1Cl. The molecule has 0 fully saturated rings. The normalized spacial score (nSPS) is 11.8. The number of rotatable bonds is 9. The van der Waals surface area contributed by atoms with E-state index in [0.29, 0.717) is 33.3 Å². The highest BCUT2D eigenvalue weighted by atomic mass is 35.5. The quantitative estimate of drug-likeness (QED) is 0.204. The van der Waals surface area contributed by atoms with Gasteiger partial charge in [0.05, 0.1) is 15.7 Å². The third kappa shape index (κ3) is 6.29. The summed E-state index contributed by atoms with van der Waals surface area (Å²) < 4.78 is 7.75. The highest BCUT2D eigenvalue weighted by Crippen LogP contribution is 2.32. The van der Waals surface area contributed by atoms with Crippen molar-refractivity contribution in [2.24, 2.45) is 0 Å². The number of carbonyl (C=O) groups excluding carboxylic acids is 1. The molecular weight excluding hydrogens is 513 g/mol. The Kier molecular flexibility index (Phi) is 8.41. The summed E-state index contributed by atoms with van der Waals surface area (Å²) in [6, 6.07) is 9.00. The second-order valence-corrected chi connectivity index (χ2v) is 8.87. The van der Waals surface area contributed by atoms with Gasteiger partial charge in [-0.15, -0.1) is 10.2 Å². The van der Waals surface area contributed by atoms with Crippen molar-refractivity contribution in [2.45, 2.75) is 31.7 Å². The minimum absolute atomic E-state index is 0.00724. The number of halogens is 3. The summed E-state index contributed by atoms with van der Waals surface area (Å²) in [5, 5.41) is 23.4. The maximum absolute atomic E-state index is 12.4. The van der Waals surface area contributed by atoms with E-state index in [1.54, 1.807) is 18.2 Å². The Morgan fingerprint density at radius 3 is 2.64 bits per heavy atom. The lowest BCUT2D eigenvalue weighted by molar-refractivity contribution is -0.384. The van der Waals surface area contributed by atoms with Crippen LogP contribution in [0, 0.1) is 10.1 Å². The molecule has 0 aliphatic heterocycles. The summed E-state index contributed by atoms with van der Waals surface area (Å²) in [5.74, 6) is 0.693. The van der Waals surface area contributed by atoms with Crippen LogP contribution in [0.25, 0.3) is 0 Å². The number of hydrogen-bond donors (Lipinski definition) is 1. The Morgan fingerprint density at radius 1 is 1.21 bits per heavy atom. The molecule has 1 aromatic heterocycles. The minimum atomic E-state index is -0.613. The van der Waals surface area contributed by atoms with Crippen LogP contribution in [0.15, 0.2) is 41.6 Å². The molecule has 1 atom stereocenters. The predicted molar refractivity (Wildman–Crippen MR) is 129 cm³/mol.